The van der Waals surface area contributed by atoms with Crippen LogP contribution in [0, 0.1) is 0 Å². The lowest BCUT2D eigenvalue weighted by atomic mass is 10.2. The zero-order valence-corrected chi connectivity index (χ0v) is 11.6. The predicted molar refractivity (Wildman–Crippen MR) is 77.4 cm³/mol. The molecule has 1 aromatic heterocycles. The summed E-state index contributed by atoms with van der Waals surface area (Å²) in [5.41, 5.74) is 5.66. The molecule has 6 heteroatoms. The van der Waals surface area contributed by atoms with E-state index < -0.39 is 0 Å². The number of amides is 2. The van der Waals surface area contributed by atoms with Crippen LogP contribution in [0.3, 0.4) is 0 Å². The van der Waals surface area contributed by atoms with Crippen LogP contribution in [0.4, 0.5) is 0 Å². The maximum absolute atomic E-state index is 11.9. The highest BCUT2D eigenvalue weighted by atomic mass is 32.2. The zero-order chi connectivity index (χ0) is 14.4. The predicted octanol–water partition coefficient (Wildman–Crippen LogP) is 1.88. The molecule has 0 bridgehead atoms. The second kappa shape index (κ2) is 6.72. The Bertz CT molecular complexity index is 617. The SMILES string of the molecule is CSc1cc(C(=O)NNC(=O)c2ccccc2)ccn1. The van der Waals surface area contributed by atoms with Gasteiger partial charge in [0.15, 0.2) is 0 Å². The molecule has 0 aliphatic carbocycles. The molecule has 1 heterocycles. The summed E-state index contributed by atoms with van der Waals surface area (Å²) in [6, 6.07) is 11.9. The first-order chi connectivity index (χ1) is 9.70. The van der Waals surface area contributed by atoms with E-state index >= 15 is 0 Å². The average Bonchev–Trinajstić information content (AvgIpc) is 2.53. The van der Waals surface area contributed by atoms with Gasteiger partial charge in [-0.2, -0.15) is 0 Å². The van der Waals surface area contributed by atoms with Crippen molar-refractivity contribution in [1.29, 1.82) is 0 Å². The lowest BCUT2D eigenvalue weighted by molar-refractivity contribution is 0.0846. The Labute approximate surface area is 120 Å². The molecule has 5 nitrogen and oxygen atoms in total. The number of rotatable bonds is 3. The number of nitrogens with one attached hydrogen (secondary N) is 2. The van der Waals surface area contributed by atoms with Gasteiger partial charge < -0.3 is 0 Å². The fraction of sp³-hybridized carbons (Fsp3) is 0.0714. The average molecular weight is 287 g/mol. The first-order valence-electron chi connectivity index (χ1n) is 5.86. The van der Waals surface area contributed by atoms with Gasteiger partial charge in [0.05, 0.1) is 5.03 Å². The first-order valence-corrected chi connectivity index (χ1v) is 7.09. The molecule has 1 aromatic carbocycles. The molecule has 2 N–H and O–H groups in total. The van der Waals surface area contributed by atoms with Crippen molar-refractivity contribution >= 4 is 23.6 Å². The van der Waals surface area contributed by atoms with Crippen molar-refractivity contribution in [3.63, 3.8) is 0 Å². The van der Waals surface area contributed by atoms with Crippen molar-refractivity contribution in [2.24, 2.45) is 0 Å². The third-order valence-corrected chi connectivity index (χ3v) is 3.17. The minimum atomic E-state index is -0.382. The minimum Gasteiger partial charge on any atom is -0.267 e. The monoisotopic (exact) mass is 287 g/mol. The molecule has 0 aliphatic rings. The van der Waals surface area contributed by atoms with Crippen LogP contribution in [0.15, 0.2) is 53.7 Å². The highest BCUT2D eigenvalue weighted by molar-refractivity contribution is 7.98. The van der Waals surface area contributed by atoms with Gasteiger partial charge in [0.25, 0.3) is 11.8 Å². The van der Waals surface area contributed by atoms with E-state index in [1.54, 1.807) is 42.6 Å². The van der Waals surface area contributed by atoms with Crippen molar-refractivity contribution < 1.29 is 9.59 Å². The van der Waals surface area contributed by atoms with Crippen LogP contribution >= 0.6 is 11.8 Å². The molecule has 0 aliphatic heterocycles. The van der Waals surface area contributed by atoms with Crippen LogP contribution in [-0.2, 0) is 0 Å². The second-order valence-electron chi connectivity index (χ2n) is 3.86. The van der Waals surface area contributed by atoms with Crippen molar-refractivity contribution in [3.8, 4) is 0 Å². The number of nitrogens with zero attached hydrogens (tertiary/aromatic N) is 1. The number of hydrogen-bond donors (Lipinski definition) is 2. The zero-order valence-electron chi connectivity index (χ0n) is 10.8. The first kappa shape index (κ1) is 14.1. The molecule has 102 valence electrons. The summed E-state index contributed by atoms with van der Waals surface area (Å²) >= 11 is 1.44. The Kier molecular flexibility index (Phi) is 4.73. The number of aromatic nitrogens is 1. The van der Waals surface area contributed by atoms with Gasteiger partial charge in [-0.15, -0.1) is 11.8 Å². The molecule has 0 atom stereocenters. The third-order valence-electron chi connectivity index (χ3n) is 2.53. The lowest BCUT2D eigenvalue weighted by Crippen LogP contribution is -2.41. The van der Waals surface area contributed by atoms with Gasteiger partial charge in [0.1, 0.15) is 0 Å². The summed E-state index contributed by atoms with van der Waals surface area (Å²) in [6.07, 6.45) is 3.43. The summed E-state index contributed by atoms with van der Waals surface area (Å²) in [4.78, 5) is 27.7. The number of benzene rings is 1. The molecular formula is C14H13N3O2S. The van der Waals surface area contributed by atoms with E-state index in [0.717, 1.165) is 5.03 Å². The van der Waals surface area contributed by atoms with Crippen LogP contribution in [0.2, 0.25) is 0 Å². The largest absolute Gasteiger partial charge is 0.269 e. The molecule has 2 rings (SSSR count). The fourth-order valence-electron chi connectivity index (χ4n) is 1.51. The molecule has 0 radical (unpaired) electrons. The van der Waals surface area contributed by atoms with Gasteiger partial charge in [-0.1, -0.05) is 18.2 Å². The summed E-state index contributed by atoms with van der Waals surface area (Å²) in [6.45, 7) is 0. The molecule has 0 fully saturated rings. The summed E-state index contributed by atoms with van der Waals surface area (Å²) in [7, 11) is 0. The molecule has 2 amide bonds. The van der Waals surface area contributed by atoms with Crippen molar-refractivity contribution in [1.82, 2.24) is 15.8 Å². The smallest absolute Gasteiger partial charge is 0.267 e. The van der Waals surface area contributed by atoms with Crippen LogP contribution in [0.25, 0.3) is 0 Å². The maximum atomic E-state index is 11.9. The van der Waals surface area contributed by atoms with Crippen molar-refractivity contribution in [2.75, 3.05) is 6.26 Å². The van der Waals surface area contributed by atoms with Gasteiger partial charge in [-0.25, -0.2) is 4.98 Å². The van der Waals surface area contributed by atoms with Crippen molar-refractivity contribution in [3.05, 3.63) is 59.8 Å². The lowest BCUT2D eigenvalue weighted by Gasteiger charge is -2.07. The molecule has 0 unspecified atom stereocenters. The Morgan fingerprint density at radius 3 is 2.30 bits per heavy atom. The van der Waals surface area contributed by atoms with E-state index in [-0.39, 0.29) is 11.8 Å². The Morgan fingerprint density at radius 2 is 1.65 bits per heavy atom. The van der Waals surface area contributed by atoms with E-state index in [1.165, 1.54) is 11.8 Å². The van der Waals surface area contributed by atoms with Gasteiger partial charge in [0, 0.05) is 17.3 Å². The summed E-state index contributed by atoms with van der Waals surface area (Å²) < 4.78 is 0. The molecule has 0 saturated carbocycles. The highest BCUT2D eigenvalue weighted by Gasteiger charge is 2.09. The van der Waals surface area contributed by atoms with E-state index in [1.807, 2.05) is 12.3 Å². The number of carbonyl (C=O) groups excluding carboxylic acids is 2. The Balaban J connectivity index is 1.97. The van der Waals surface area contributed by atoms with Crippen LogP contribution in [-0.4, -0.2) is 23.1 Å². The number of carbonyl (C=O) groups is 2. The van der Waals surface area contributed by atoms with E-state index in [9.17, 15) is 9.59 Å². The van der Waals surface area contributed by atoms with Crippen LogP contribution < -0.4 is 10.9 Å². The Hall–Kier alpha value is -2.34. The molecular weight excluding hydrogens is 274 g/mol. The van der Waals surface area contributed by atoms with Gasteiger partial charge in [0.2, 0.25) is 0 Å². The number of thioether (sulfide) groups is 1. The molecule has 20 heavy (non-hydrogen) atoms. The third kappa shape index (κ3) is 3.58. The quantitative estimate of drug-likeness (QED) is 0.668. The second-order valence-corrected chi connectivity index (χ2v) is 4.69. The van der Waals surface area contributed by atoms with Crippen molar-refractivity contribution in [2.45, 2.75) is 5.03 Å². The molecule has 0 spiro atoms. The topological polar surface area (TPSA) is 71.1 Å². The standard InChI is InChI=1S/C14H13N3O2S/c1-20-12-9-11(7-8-15-12)14(19)17-16-13(18)10-5-3-2-4-6-10/h2-9H,1H3,(H,16,18)(H,17,19). The number of pyridine rings is 1. The molecule has 0 saturated heterocycles. The molecule has 2 aromatic rings. The highest BCUT2D eigenvalue weighted by Crippen LogP contribution is 2.12. The fourth-order valence-corrected chi connectivity index (χ4v) is 1.92. The van der Waals surface area contributed by atoms with Gasteiger partial charge in [-0.3, -0.25) is 20.4 Å². The van der Waals surface area contributed by atoms with Crippen LogP contribution in [0.1, 0.15) is 20.7 Å². The summed E-state index contributed by atoms with van der Waals surface area (Å²) in [5.74, 6) is -0.745. The maximum Gasteiger partial charge on any atom is 0.269 e. The van der Waals surface area contributed by atoms with E-state index in [0.29, 0.717) is 11.1 Å². The van der Waals surface area contributed by atoms with Gasteiger partial charge in [-0.05, 0) is 30.5 Å². The van der Waals surface area contributed by atoms with E-state index in [4.69, 9.17) is 0 Å². The van der Waals surface area contributed by atoms with Crippen LogP contribution in [0.5, 0.6) is 0 Å². The number of hydrazine groups is 1. The van der Waals surface area contributed by atoms with Gasteiger partial charge >= 0.3 is 0 Å². The minimum absolute atomic E-state index is 0.363. The van der Waals surface area contributed by atoms with E-state index in [2.05, 4.69) is 15.8 Å². The normalized spacial score (nSPS) is 9.85. The Morgan fingerprint density at radius 1 is 1.00 bits per heavy atom. The number of hydrogen-bond acceptors (Lipinski definition) is 4. The summed E-state index contributed by atoms with van der Waals surface area (Å²) in [5, 5.41) is 0.743.